The maximum atomic E-state index is 14.0. The number of aromatic amines is 2. The van der Waals surface area contributed by atoms with E-state index in [1.165, 1.54) is 6.07 Å². The van der Waals surface area contributed by atoms with Crippen LogP contribution in [-0.4, -0.2) is 67.7 Å². The summed E-state index contributed by atoms with van der Waals surface area (Å²) in [7, 11) is 0. The molecule has 0 radical (unpaired) electrons. The average molecular weight is 815 g/mol. The minimum atomic E-state index is -0.260. The summed E-state index contributed by atoms with van der Waals surface area (Å²) in [5, 5.41) is 0.719. The molecule has 8 nitrogen and oxygen atoms in total. The summed E-state index contributed by atoms with van der Waals surface area (Å²) in [5.41, 5.74) is 8.97. The molecule has 0 bridgehead atoms. The Balaban J connectivity index is 0.000000154. The van der Waals surface area contributed by atoms with E-state index in [1.54, 1.807) is 24.3 Å². The van der Waals surface area contributed by atoms with Gasteiger partial charge in [0, 0.05) is 59.7 Å². The molecule has 0 spiro atoms. The Kier molecular flexibility index (Phi) is 11.2. The minimum absolute atomic E-state index is 0.0261. The highest BCUT2D eigenvalue weighted by molar-refractivity contribution is 6.30. The maximum absolute atomic E-state index is 14.0. The van der Waals surface area contributed by atoms with Crippen molar-refractivity contribution in [2.45, 2.75) is 37.5 Å². The van der Waals surface area contributed by atoms with Crippen molar-refractivity contribution in [2.24, 2.45) is 0 Å². The van der Waals surface area contributed by atoms with E-state index >= 15 is 0 Å². The van der Waals surface area contributed by atoms with Crippen molar-refractivity contribution >= 4 is 45.5 Å². The first-order chi connectivity index (χ1) is 29.4. The van der Waals surface area contributed by atoms with Gasteiger partial charge in [-0.1, -0.05) is 90.5 Å². The molecule has 2 aromatic heterocycles. The molecule has 0 aliphatic carbocycles. The van der Waals surface area contributed by atoms with E-state index in [0.717, 1.165) is 99.8 Å². The second kappa shape index (κ2) is 17.3. The predicted molar refractivity (Wildman–Crippen MR) is 237 cm³/mol. The lowest BCUT2D eigenvalue weighted by Crippen LogP contribution is -2.38. The summed E-state index contributed by atoms with van der Waals surface area (Å²) in [6, 6.07) is 45.6. The van der Waals surface area contributed by atoms with Crippen molar-refractivity contribution < 1.29 is 14.0 Å². The van der Waals surface area contributed by atoms with Crippen LogP contribution in [-0.2, 0) is 0 Å². The zero-order chi connectivity index (χ0) is 41.0. The number of H-pyrrole nitrogens is 2. The smallest absolute Gasteiger partial charge is 0.253 e. The number of amides is 2. The molecular weight excluding hydrogens is 771 g/mol. The number of hydrogen-bond acceptors (Lipinski definition) is 4. The van der Waals surface area contributed by atoms with Crippen LogP contribution in [0.3, 0.4) is 0 Å². The number of carbonyl (C=O) groups excluding carboxylic acids is 2. The van der Waals surface area contributed by atoms with Crippen LogP contribution < -0.4 is 0 Å². The van der Waals surface area contributed by atoms with Gasteiger partial charge in [0.25, 0.3) is 11.8 Å². The van der Waals surface area contributed by atoms with Crippen LogP contribution in [0.15, 0.2) is 146 Å². The number of para-hydroxylation sites is 4. The van der Waals surface area contributed by atoms with Crippen molar-refractivity contribution in [2.75, 3.05) is 26.2 Å². The lowest BCUT2D eigenvalue weighted by Gasteiger charge is -2.31. The molecule has 2 saturated heterocycles. The highest BCUT2D eigenvalue weighted by Crippen LogP contribution is 2.31. The van der Waals surface area contributed by atoms with Gasteiger partial charge < -0.3 is 19.8 Å². The summed E-state index contributed by atoms with van der Waals surface area (Å²) >= 11 is 5.97. The van der Waals surface area contributed by atoms with Crippen LogP contribution in [0.1, 0.15) is 69.9 Å². The lowest BCUT2D eigenvalue weighted by atomic mass is 9.95. The zero-order valence-electron chi connectivity index (χ0n) is 33.0. The number of hydrogen-bond donors (Lipinski definition) is 2. The van der Waals surface area contributed by atoms with E-state index < -0.39 is 0 Å². The van der Waals surface area contributed by atoms with Crippen molar-refractivity contribution in [3.63, 3.8) is 0 Å². The number of halogens is 2. The van der Waals surface area contributed by atoms with Gasteiger partial charge in [-0.15, -0.1) is 0 Å². The topological polar surface area (TPSA) is 98.0 Å². The van der Waals surface area contributed by atoms with E-state index in [1.807, 2.05) is 119 Å². The molecule has 2 amide bonds. The van der Waals surface area contributed by atoms with Crippen molar-refractivity contribution in [1.29, 1.82) is 0 Å². The fourth-order valence-corrected chi connectivity index (χ4v) is 8.47. The molecule has 2 aliphatic rings. The molecule has 300 valence electrons. The van der Waals surface area contributed by atoms with E-state index in [2.05, 4.69) is 16.0 Å². The number of piperidine rings is 2. The Morgan fingerprint density at radius 3 is 1.37 bits per heavy atom. The molecule has 0 atom stereocenters. The van der Waals surface area contributed by atoms with Gasteiger partial charge in [0.05, 0.1) is 22.1 Å². The second-order valence-electron chi connectivity index (χ2n) is 15.6. The molecule has 8 aromatic rings. The van der Waals surface area contributed by atoms with Crippen LogP contribution in [0.5, 0.6) is 0 Å². The quantitative estimate of drug-likeness (QED) is 0.175. The number of carbonyl (C=O) groups is 2. The second-order valence-corrected chi connectivity index (χ2v) is 16.0. The Bertz CT molecular complexity index is 2680. The molecule has 0 unspecified atom stereocenters. The SMILES string of the molecule is O=C(c1ccc(-c2ccc(Cl)cc2)cc1)N1CCC(c2nc3ccccc3[nH]2)CC1.O=C(c1ccc(-c2ccccc2F)cc1)N1CCC(c2nc3ccccc3[nH]2)CC1. The van der Waals surface area contributed by atoms with Crippen molar-refractivity contribution in [3.8, 4) is 22.3 Å². The first kappa shape index (κ1) is 38.9. The molecule has 10 heteroatoms. The van der Waals surface area contributed by atoms with Gasteiger partial charge in [-0.3, -0.25) is 9.59 Å². The van der Waals surface area contributed by atoms with Gasteiger partial charge in [-0.25, -0.2) is 14.4 Å². The zero-order valence-corrected chi connectivity index (χ0v) is 33.8. The van der Waals surface area contributed by atoms with E-state index in [0.29, 0.717) is 36.1 Å². The summed E-state index contributed by atoms with van der Waals surface area (Å²) in [6.45, 7) is 2.91. The molecule has 2 N–H and O–H groups in total. The summed E-state index contributed by atoms with van der Waals surface area (Å²) in [6.07, 6.45) is 3.63. The van der Waals surface area contributed by atoms with E-state index in [9.17, 15) is 14.0 Å². The van der Waals surface area contributed by atoms with Crippen LogP contribution >= 0.6 is 11.6 Å². The summed E-state index contributed by atoms with van der Waals surface area (Å²) in [4.78, 5) is 46.1. The monoisotopic (exact) mass is 814 g/mol. The third-order valence-electron chi connectivity index (χ3n) is 11.8. The Morgan fingerprint density at radius 1 is 0.517 bits per heavy atom. The molecule has 2 fully saturated rings. The fraction of sp³-hybridized carbons (Fsp3) is 0.200. The van der Waals surface area contributed by atoms with Crippen molar-refractivity contribution in [3.05, 3.63) is 179 Å². The number of likely N-dealkylation sites (tertiary alicyclic amines) is 2. The number of fused-ring (bicyclic) bond motifs is 2. The molecule has 10 rings (SSSR count). The molecule has 0 saturated carbocycles. The van der Waals surface area contributed by atoms with Gasteiger partial charge in [0.1, 0.15) is 17.5 Å². The van der Waals surface area contributed by atoms with Gasteiger partial charge in [0.2, 0.25) is 0 Å². The Labute approximate surface area is 353 Å². The predicted octanol–water partition coefficient (Wildman–Crippen LogP) is 11.3. The van der Waals surface area contributed by atoms with Crippen LogP contribution in [0.2, 0.25) is 5.02 Å². The van der Waals surface area contributed by atoms with Crippen LogP contribution in [0, 0.1) is 5.82 Å². The lowest BCUT2D eigenvalue weighted by molar-refractivity contribution is 0.0704. The number of aromatic nitrogens is 4. The highest BCUT2D eigenvalue weighted by atomic mass is 35.5. The average Bonchev–Trinajstić information content (AvgIpc) is 3.95. The summed E-state index contributed by atoms with van der Waals surface area (Å²) in [5.74, 6) is 2.62. The maximum Gasteiger partial charge on any atom is 0.253 e. The normalized spacial score (nSPS) is 14.9. The number of imidazole rings is 2. The first-order valence-electron chi connectivity index (χ1n) is 20.5. The number of nitrogens with one attached hydrogen (secondary N) is 2. The van der Waals surface area contributed by atoms with Gasteiger partial charge in [-0.2, -0.15) is 0 Å². The number of benzene rings is 6. The number of nitrogens with zero attached hydrogens (tertiary/aromatic N) is 4. The molecule has 4 heterocycles. The van der Waals surface area contributed by atoms with Gasteiger partial charge in [0.15, 0.2) is 0 Å². The first-order valence-corrected chi connectivity index (χ1v) is 20.9. The Morgan fingerprint density at radius 2 is 0.917 bits per heavy atom. The van der Waals surface area contributed by atoms with Gasteiger partial charge in [-0.05, 0) is 109 Å². The van der Waals surface area contributed by atoms with Crippen molar-refractivity contribution in [1.82, 2.24) is 29.7 Å². The standard InChI is InChI=1S/C25H22ClN3O.C25H22FN3O/c26-21-11-9-18(10-12-21)17-5-7-20(8-6-17)25(30)29-15-13-19(14-16-29)24-27-22-3-1-2-4-23(22)28-24;26-21-6-2-1-5-20(21)17-9-11-19(12-10-17)25(30)29-15-13-18(14-16-29)24-27-22-7-3-4-8-23(22)28-24/h1-12,19H,13-16H2,(H,27,28);1-12,18H,13-16H2,(H,27,28). The summed E-state index contributed by atoms with van der Waals surface area (Å²) < 4.78 is 14.0. The number of rotatable bonds is 6. The Hall–Kier alpha value is -6.58. The van der Waals surface area contributed by atoms with E-state index in [4.69, 9.17) is 21.6 Å². The third-order valence-corrected chi connectivity index (χ3v) is 12.0. The fourth-order valence-electron chi connectivity index (χ4n) is 8.34. The van der Waals surface area contributed by atoms with Crippen LogP contribution in [0.25, 0.3) is 44.3 Å². The largest absolute Gasteiger partial charge is 0.342 e. The molecule has 2 aliphatic heterocycles. The third kappa shape index (κ3) is 8.44. The van der Waals surface area contributed by atoms with Crippen LogP contribution in [0.4, 0.5) is 4.39 Å². The highest BCUT2D eigenvalue weighted by Gasteiger charge is 2.28. The molecule has 60 heavy (non-hydrogen) atoms. The molecule has 6 aromatic carbocycles. The van der Waals surface area contributed by atoms with E-state index in [-0.39, 0.29) is 17.6 Å². The van der Waals surface area contributed by atoms with Gasteiger partial charge >= 0.3 is 0 Å². The molecular formula is C50H44ClFN6O2. The minimum Gasteiger partial charge on any atom is -0.342 e.